The average Bonchev–Trinajstić information content (AvgIpc) is 3.95. The second kappa shape index (κ2) is 21.4. The van der Waals surface area contributed by atoms with Crippen LogP contribution < -0.4 is 5.32 Å². The molecule has 0 fully saturated rings. The van der Waals surface area contributed by atoms with E-state index in [4.69, 9.17) is 46.4 Å². The lowest BCUT2D eigenvalue weighted by Gasteiger charge is -2.16. The summed E-state index contributed by atoms with van der Waals surface area (Å²) in [7, 11) is 0. The van der Waals surface area contributed by atoms with Crippen molar-refractivity contribution in [3.05, 3.63) is 99.3 Å². The smallest absolute Gasteiger partial charge is 0.216 e. The molecule has 0 aliphatic rings. The fourth-order valence-electron chi connectivity index (χ4n) is 6.49. The van der Waals surface area contributed by atoms with Gasteiger partial charge in [-0.05, 0) is 43.2 Å². The van der Waals surface area contributed by atoms with E-state index in [1.807, 2.05) is 0 Å². The number of unbranched alkanes of at least 4 members (excludes halogenated alkanes) is 10. The van der Waals surface area contributed by atoms with Crippen LogP contribution in [-0.2, 0) is 13.1 Å². The normalized spacial score (nSPS) is 11.8. The number of phenols is 2. The molecule has 0 saturated carbocycles. The van der Waals surface area contributed by atoms with Crippen molar-refractivity contribution in [1.29, 1.82) is 0 Å². The Morgan fingerprint density at radius 3 is 1.67 bits per heavy atom. The van der Waals surface area contributed by atoms with Gasteiger partial charge in [0.1, 0.15) is 38.9 Å². The number of hydrogen-bond donors (Lipinski definition) is 3. The predicted octanol–water partition coefficient (Wildman–Crippen LogP) is 11.2. The van der Waals surface area contributed by atoms with Gasteiger partial charge in [-0.1, -0.05) is 154 Å². The van der Waals surface area contributed by atoms with Crippen LogP contribution in [0.4, 0.5) is 0 Å². The summed E-state index contributed by atoms with van der Waals surface area (Å²) >= 11 is 26.0. The van der Waals surface area contributed by atoms with Gasteiger partial charge in [0.15, 0.2) is 0 Å². The third-order valence-corrected chi connectivity index (χ3v) is 10.9. The Balaban J connectivity index is 1.37. The number of halogens is 4. The van der Waals surface area contributed by atoms with E-state index >= 15 is 0 Å². The second-order valence-electron chi connectivity index (χ2n) is 14.1. The van der Waals surface area contributed by atoms with Crippen LogP contribution in [0.25, 0.3) is 27.7 Å². The number of allylic oxidation sites excluding steroid dienone is 1. The number of benzene rings is 2. The van der Waals surface area contributed by atoms with Crippen molar-refractivity contribution in [3.8, 4) is 34.0 Å². The number of Topliss-reactive ketones (excluding diaryl/α,β-unsaturated/α-hetero) is 1. The lowest BCUT2D eigenvalue weighted by molar-refractivity contribution is 0.101. The number of aromatic hydroxyl groups is 2. The Morgan fingerprint density at radius 2 is 1.19 bits per heavy atom. The highest BCUT2D eigenvalue weighted by Gasteiger charge is 2.28. The van der Waals surface area contributed by atoms with Crippen LogP contribution in [0, 0.1) is 0 Å². The largest absolute Gasteiger partial charge is 0.507 e. The number of nitrogens with one attached hydrogen (secondary N) is 1. The van der Waals surface area contributed by atoms with Gasteiger partial charge in [-0.3, -0.25) is 23.5 Å². The van der Waals surface area contributed by atoms with Gasteiger partial charge in [0, 0.05) is 24.2 Å². The summed E-state index contributed by atoms with van der Waals surface area (Å²) < 4.78 is 4.56. The zero-order valence-electron chi connectivity index (χ0n) is 32.7. The monoisotopic (exact) mass is 868 g/mol. The highest BCUT2D eigenvalue weighted by molar-refractivity contribution is 6.50. The summed E-state index contributed by atoms with van der Waals surface area (Å²) in [6.45, 7) is 9.44. The van der Waals surface area contributed by atoms with Gasteiger partial charge in [-0.15, -0.1) is 10.2 Å². The number of carbonyl (C=O) groups excluding carboxylic acids is 2. The molecule has 58 heavy (non-hydrogen) atoms. The topological polar surface area (TPSA) is 153 Å². The van der Waals surface area contributed by atoms with E-state index in [-0.39, 0.29) is 49.3 Å². The molecular weight excluding hydrogens is 822 g/mol. The molecule has 2 aromatic carbocycles. The van der Waals surface area contributed by atoms with Crippen LogP contribution in [-0.4, -0.2) is 56.3 Å². The summed E-state index contributed by atoms with van der Waals surface area (Å²) in [6, 6.07) is 10.2. The highest BCUT2D eigenvalue weighted by Crippen LogP contribution is 2.37. The molecule has 5 rings (SSSR count). The summed E-state index contributed by atoms with van der Waals surface area (Å²) in [6.07, 6.45) is 17.4. The van der Waals surface area contributed by atoms with Gasteiger partial charge in [0.05, 0.1) is 39.4 Å². The third-order valence-electron chi connectivity index (χ3n) is 9.66. The fraction of sp³-hybridized carbons (Fsp3) is 0.381. The Morgan fingerprint density at radius 1 is 0.707 bits per heavy atom. The maximum atomic E-state index is 14.1. The van der Waals surface area contributed by atoms with E-state index < -0.39 is 16.7 Å². The Labute approximate surface area is 358 Å². The maximum Gasteiger partial charge on any atom is 0.216 e. The van der Waals surface area contributed by atoms with E-state index in [9.17, 15) is 19.8 Å². The number of carbonyl (C=O) groups is 2. The molecule has 0 bridgehead atoms. The maximum absolute atomic E-state index is 14.1. The fourth-order valence-corrected chi connectivity index (χ4v) is 7.36. The van der Waals surface area contributed by atoms with E-state index in [0.717, 1.165) is 36.8 Å². The molecule has 0 saturated heterocycles. The third kappa shape index (κ3) is 11.3. The average molecular weight is 871 g/mol. The molecule has 0 amide bonds. The zero-order chi connectivity index (χ0) is 41.8. The molecule has 0 atom stereocenters. The molecule has 308 valence electrons. The Kier molecular flexibility index (Phi) is 16.4. The Bertz CT molecular complexity index is 2260. The summed E-state index contributed by atoms with van der Waals surface area (Å²) in [5, 5.41) is 40.9. The van der Waals surface area contributed by atoms with Gasteiger partial charge < -0.3 is 15.5 Å². The first kappa shape index (κ1) is 44.5. The molecular formula is C42H48Cl4N8O4. The molecule has 0 aliphatic carbocycles. The predicted molar refractivity (Wildman–Crippen MR) is 230 cm³/mol. The number of rotatable bonds is 23. The van der Waals surface area contributed by atoms with Crippen LogP contribution in [0.2, 0.25) is 10.2 Å². The molecule has 3 N–H and O–H groups in total. The first-order valence-corrected chi connectivity index (χ1v) is 21.1. The molecule has 3 aromatic heterocycles. The second-order valence-corrected chi connectivity index (χ2v) is 15.7. The van der Waals surface area contributed by atoms with Gasteiger partial charge in [0.25, 0.3) is 0 Å². The number of aromatic nitrogens is 7. The van der Waals surface area contributed by atoms with Crippen molar-refractivity contribution in [3.63, 3.8) is 0 Å². The molecule has 12 nitrogen and oxygen atoms in total. The van der Waals surface area contributed by atoms with E-state index in [1.54, 1.807) is 33.9 Å². The van der Waals surface area contributed by atoms with Crippen molar-refractivity contribution < 1.29 is 19.8 Å². The van der Waals surface area contributed by atoms with Crippen molar-refractivity contribution in [2.75, 3.05) is 0 Å². The lowest BCUT2D eigenvalue weighted by Crippen LogP contribution is -2.22. The zero-order valence-corrected chi connectivity index (χ0v) is 35.7. The molecule has 0 unspecified atom stereocenters. The van der Waals surface area contributed by atoms with Crippen LogP contribution in [0.1, 0.15) is 117 Å². The first-order valence-electron chi connectivity index (χ1n) is 19.6. The quantitative estimate of drug-likeness (QED) is 0.0252. The number of ketones is 2. The van der Waals surface area contributed by atoms with Crippen molar-refractivity contribution in [2.45, 2.75) is 104 Å². The van der Waals surface area contributed by atoms with Crippen molar-refractivity contribution in [1.82, 2.24) is 39.9 Å². The minimum absolute atomic E-state index is 0.0607. The van der Waals surface area contributed by atoms with Crippen LogP contribution >= 0.6 is 46.4 Å². The van der Waals surface area contributed by atoms with Gasteiger partial charge in [-0.25, -0.2) is 0 Å². The van der Waals surface area contributed by atoms with Gasteiger partial charge >= 0.3 is 0 Å². The minimum atomic E-state index is -0.807. The van der Waals surface area contributed by atoms with Crippen LogP contribution in [0.5, 0.6) is 11.5 Å². The molecule has 3 heterocycles. The van der Waals surface area contributed by atoms with E-state index in [1.165, 1.54) is 81.7 Å². The molecule has 0 radical (unpaired) electrons. The van der Waals surface area contributed by atoms with Crippen molar-refractivity contribution >= 4 is 63.1 Å². The lowest BCUT2D eigenvalue weighted by atomic mass is 10.0. The molecule has 16 heteroatoms. The van der Waals surface area contributed by atoms with Gasteiger partial charge in [0.2, 0.25) is 11.6 Å². The number of aryl methyl sites for hydroxylation is 2. The Hall–Kier alpha value is -4.62. The summed E-state index contributed by atoms with van der Waals surface area (Å²) in [4.78, 5) is 28.1. The van der Waals surface area contributed by atoms with E-state index in [2.05, 4.69) is 46.4 Å². The molecule has 5 aromatic rings. The SMILES string of the molecule is C=C(Cl)N/C(C(=O)c1ccc(-c2cn(CCCCCCCC)nn2)cc1O)=C(\Cl)n1c(C(=O)c2ccc(-c3cn(CCCCCCCC)nn3)cc2O)cc(Cl)c1Cl. The summed E-state index contributed by atoms with van der Waals surface area (Å²) in [5.41, 5.74) is 1.33. The minimum Gasteiger partial charge on any atom is -0.507 e. The van der Waals surface area contributed by atoms with E-state index in [0.29, 0.717) is 29.1 Å². The number of nitrogens with zero attached hydrogens (tertiary/aromatic N) is 7. The molecule has 0 aliphatic heterocycles. The number of hydrogen-bond acceptors (Lipinski definition) is 9. The standard InChI is InChI=1S/C42H48Cl4N8O4/c1-4-6-8-10-12-14-20-52-25-33(48-50-52)28-16-18-30(36(55)22-28)39(57)35-24-32(44)41(45)54(35)42(46)38(47-27(3)43)40(58)31-19-17-29(23-37(31)56)34-26-53(51-49-34)21-15-13-11-9-7-5-2/h16-19,22-26,47,55-56H,3-15,20-21H2,1-2H3/b42-38+. The van der Waals surface area contributed by atoms with Crippen molar-refractivity contribution in [2.24, 2.45) is 0 Å². The first-order chi connectivity index (χ1) is 27.9. The highest BCUT2D eigenvalue weighted by atomic mass is 35.5. The number of phenolic OH excluding ortho intramolecular Hbond substituents is 2. The summed E-state index contributed by atoms with van der Waals surface area (Å²) in [5.74, 6) is -2.24. The van der Waals surface area contributed by atoms with Crippen LogP contribution in [0.3, 0.4) is 0 Å². The molecule has 0 spiro atoms. The van der Waals surface area contributed by atoms with Gasteiger partial charge in [-0.2, -0.15) is 0 Å². The van der Waals surface area contributed by atoms with Crippen LogP contribution in [0.15, 0.2) is 72.3 Å².